The summed E-state index contributed by atoms with van der Waals surface area (Å²) >= 11 is 0. The SMILES string of the molecule is c1cncc(CN(Cc2ccc3c(c2)OCO3)Cc2nc3ccccc3[nH]2)c1. The Kier molecular flexibility index (Phi) is 4.39. The number of pyridine rings is 1. The summed E-state index contributed by atoms with van der Waals surface area (Å²) in [4.78, 5) is 14.7. The van der Waals surface area contributed by atoms with Crippen LogP contribution in [-0.4, -0.2) is 26.6 Å². The highest BCUT2D eigenvalue weighted by atomic mass is 16.7. The fourth-order valence-electron chi connectivity index (χ4n) is 3.51. The van der Waals surface area contributed by atoms with Gasteiger partial charge in [0, 0.05) is 25.5 Å². The van der Waals surface area contributed by atoms with Crippen molar-refractivity contribution in [2.24, 2.45) is 0 Å². The molecule has 1 aliphatic rings. The monoisotopic (exact) mass is 372 g/mol. The molecule has 0 saturated carbocycles. The molecule has 1 aliphatic heterocycles. The van der Waals surface area contributed by atoms with Crippen molar-refractivity contribution in [3.05, 3.63) is 83.9 Å². The average Bonchev–Trinajstić information content (AvgIpc) is 3.34. The van der Waals surface area contributed by atoms with Gasteiger partial charge < -0.3 is 14.5 Å². The molecule has 140 valence electrons. The number of fused-ring (bicyclic) bond motifs is 2. The summed E-state index contributed by atoms with van der Waals surface area (Å²) in [7, 11) is 0. The summed E-state index contributed by atoms with van der Waals surface area (Å²) in [5.41, 5.74) is 4.38. The molecule has 2 aromatic heterocycles. The number of nitrogens with one attached hydrogen (secondary N) is 1. The minimum atomic E-state index is 0.289. The van der Waals surface area contributed by atoms with Gasteiger partial charge in [-0.3, -0.25) is 9.88 Å². The van der Waals surface area contributed by atoms with Crippen LogP contribution in [0.1, 0.15) is 17.0 Å². The second-order valence-electron chi connectivity index (χ2n) is 6.89. The molecule has 0 aliphatic carbocycles. The van der Waals surface area contributed by atoms with E-state index in [0.717, 1.165) is 41.4 Å². The first-order valence-corrected chi connectivity index (χ1v) is 9.27. The number of hydrogen-bond acceptors (Lipinski definition) is 5. The lowest BCUT2D eigenvalue weighted by Crippen LogP contribution is -2.23. The number of benzene rings is 2. The maximum absolute atomic E-state index is 5.53. The Morgan fingerprint density at radius 2 is 1.79 bits per heavy atom. The molecule has 28 heavy (non-hydrogen) atoms. The lowest BCUT2D eigenvalue weighted by molar-refractivity contribution is 0.174. The Balaban J connectivity index is 1.40. The highest BCUT2D eigenvalue weighted by Gasteiger charge is 2.16. The van der Waals surface area contributed by atoms with E-state index in [9.17, 15) is 0 Å². The van der Waals surface area contributed by atoms with E-state index in [1.807, 2.05) is 36.5 Å². The van der Waals surface area contributed by atoms with Gasteiger partial charge in [0.15, 0.2) is 11.5 Å². The van der Waals surface area contributed by atoms with Crippen molar-refractivity contribution >= 4 is 11.0 Å². The number of imidazole rings is 1. The van der Waals surface area contributed by atoms with Crippen LogP contribution in [0.2, 0.25) is 0 Å². The lowest BCUT2D eigenvalue weighted by atomic mass is 10.1. The van der Waals surface area contributed by atoms with Crippen molar-refractivity contribution in [3.63, 3.8) is 0 Å². The molecule has 0 radical (unpaired) electrons. The molecule has 4 aromatic rings. The van der Waals surface area contributed by atoms with Crippen molar-refractivity contribution in [1.29, 1.82) is 0 Å². The van der Waals surface area contributed by atoms with Gasteiger partial charge >= 0.3 is 0 Å². The zero-order chi connectivity index (χ0) is 18.8. The van der Waals surface area contributed by atoms with Crippen LogP contribution in [0.5, 0.6) is 11.5 Å². The average molecular weight is 372 g/mol. The van der Waals surface area contributed by atoms with Crippen molar-refractivity contribution < 1.29 is 9.47 Å². The number of H-pyrrole nitrogens is 1. The van der Waals surface area contributed by atoms with Crippen LogP contribution in [0.25, 0.3) is 11.0 Å². The number of para-hydroxylation sites is 2. The quantitative estimate of drug-likeness (QED) is 0.556. The van der Waals surface area contributed by atoms with E-state index in [0.29, 0.717) is 6.54 Å². The first-order valence-electron chi connectivity index (χ1n) is 9.27. The molecule has 6 nitrogen and oxygen atoms in total. The normalized spacial score (nSPS) is 12.8. The third-order valence-corrected chi connectivity index (χ3v) is 4.78. The molecule has 0 saturated heterocycles. The molecule has 6 heteroatoms. The van der Waals surface area contributed by atoms with Crippen LogP contribution in [0, 0.1) is 0 Å². The Labute approximate surface area is 162 Å². The molecular weight excluding hydrogens is 352 g/mol. The molecule has 0 spiro atoms. The van der Waals surface area contributed by atoms with Gasteiger partial charge in [-0.1, -0.05) is 24.3 Å². The fraction of sp³-hybridized carbons (Fsp3) is 0.182. The number of ether oxygens (including phenoxy) is 2. The Morgan fingerprint density at radius 1 is 0.893 bits per heavy atom. The first-order chi connectivity index (χ1) is 13.8. The van der Waals surface area contributed by atoms with Crippen LogP contribution in [-0.2, 0) is 19.6 Å². The summed E-state index contributed by atoms with van der Waals surface area (Å²) in [6, 6.07) is 18.3. The second-order valence-corrected chi connectivity index (χ2v) is 6.89. The summed E-state index contributed by atoms with van der Waals surface area (Å²) in [5, 5.41) is 0. The van der Waals surface area contributed by atoms with E-state index < -0.39 is 0 Å². The van der Waals surface area contributed by atoms with E-state index in [-0.39, 0.29) is 6.79 Å². The predicted octanol–water partition coefficient (Wildman–Crippen LogP) is 3.89. The second kappa shape index (κ2) is 7.32. The Hall–Kier alpha value is -3.38. The molecule has 0 fully saturated rings. The third kappa shape index (κ3) is 3.54. The first kappa shape index (κ1) is 16.8. The maximum Gasteiger partial charge on any atom is 0.231 e. The summed E-state index contributed by atoms with van der Waals surface area (Å²) < 4.78 is 11.0. The number of hydrogen-bond donors (Lipinski definition) is 1. The standard InChI is InChI=1S/C22H20N4O2/c1-2-6-19-18(5-1)24-22(25-19)14-26(13-17-4-3-9-23-11-17)12-16-7-8-20-21(10-16)28-15-27-20/h1-11H,12-15H2,(H,24,25). The van der Waals surface area contributed by atoms with Gasteiger partial charge in [0.2, 0.25) is 6.79 Å². The Bertz CT molecular complexity index is 1060. The lowest BCUT2D eigenvalue weighted by Gasteiger charge is -2.21. The van der Waals surface area contributed by atoms with E-state index in [4.69, 9.17) is 14.5 Å². The molecule has 1 N–H and O–H groups in total. The van der Waals surface area contributed by atoms with E-state index in [1.165, 1.54) is 11.1 Å². The third-order valence-electron chi connectivity index (χ3n) is 4.78. The number of aromatic amines is 1. The van der Waals surface area contributed by atoms with Crippen LogP contribution >= 0.6 is 0 Å². The Morgan fingerprint density at radius 3 is 2.68 bits per heavy atom. The van der Waals surface area contributed by atoms with E-state index >= 15 is 0 Å². The highest BCUT2D eigenvalue weighted by Crippen LogP contribution is 2.33. The van der Waals surface area contributed by atoms with Gasteiger partial charge in [0.1, 0.15) is 5.82 Å². The van der Waals surface area contributed by atoms with Gasteiger partial charge in [-0.15, -0.1) is 0 Å². The molecule has 0 bridgehead atoms. The number of aromatic nitrogens is 3. The topological polar surface area (TPSA) is 63.3 Å². The van der Waals surface area contributed by atoms with Crippen molar-refractivity contribution in [2.45, 2.75) is 19.6 Å². The zero-order valence-electron chi connectivity index (χ0n) is 15.3. The minimum Gasteiger partial charge on any atom is -0.454 e. The summed E-state index contributed by atoms with van der Waals surface area (Å²) in [6.07, 6.45) is 3.70. The minimum absolute atomic E-state index is 0.289. The molecule has 0 amide bonds. The largest absolute Gasteiger partial charge is 0.454 e. The maximum atomic E-state index is 5.53. The molecule has 5 rings (SSSR count). The number of rotatable bonds is 6. The number of nitrogens with zero attached hydrogens (tertiary/aromatic N) is 3. The van der Waals surface area contributed by atoms with E-state index in [2.05, 4.69) is 39.1 Å². The molecular formula is C22H20N4O2. The van der Waals surface area contributed by atoms with Gasteiger partial charge in [0.05, 0.1) is 17.6 Å². The molecule has 0 atom stereocenters. The van der Waals surface area contributed by atoms with Crippen LogP contribution < -0.4 is 9.47 Å². The van der Waals surface area contributed by atoms with Gasteiger partial charge in [-0.2, -0.15) is 0 Å². The predicted molar refractivity (Wildman–Crippen MR) is 106 cm³/mol. The molecule has 0 unspecified atom stereocenters. The van der Waals surface area contributed by atoms with Gasteiger partial charge in [0.25, 0.3) is 0 Å². The fourth-order valence-corrected chi connectivity index (χ4v) is 3.51. The highest BCUT2D eigenvalue weighted by molar-refractivity contribution is 5.74. The smallest absolute Gasteiger partial charge is 0.231 e. The van der Waals surface area contributed by atoms with Gasteiger partial charge in [-0.25, -0.2) is 4.98 Å². The van der Waals surface area contributed by atoms with Crippen molar-refractivity contribution in [2.75, 3.05) is 6.79 Å². The van der Waals surface area contributed by atoms with Crippen LogP contribution in [0.4, 0.5) is 0 Å². The summed E-state index contributed by atoms with van der Waals surface area (Å²) in [6.45, 7) is 2.54. The summed E-state index contributed by atoms with van der Waals surface area (Å²) in [5.74, 6) is 2.56. The van der Waals surface area contributed by atoms with Crippen molar-refractivity contribution in [1.82, 2.24) is 19.9 Å². The van der Waals surface area contributed by atoms with Gasteiger partial charge in [-0.05, 0) is 41.5 Å². The molecule has 2 aromatic carbocycles. The van der Waals surface area contributed by atoms with Crippen LogP contribution in [0.15, 0.2) is 67.0 Å². The zero-order valence-corrected chi connectivity index (χ0v) is 15.3. The molecule has 3 heterocycles. The van der Waals surface area contributed by atoms with Crippen molar-refractivity contribution in [3.8, 4) is 11.5 Å². The van der Waals surface area contributed by atoms with E-state index in [1.54, 1.807) is 6.20 Å². The van der Waals surface area contributed by atoms with Crippen LogP contribution in [0.3, 0.4) is 0 Å².